The summed E-state index contributed by atoms with van der Waals surface area (Å²) in [5.41, 5.74) is 0. The molecule has 0 atom stereocenters. The molecule has 0 aromatic heterocycles. The molecule has 0 radical (unpaired) electrons. The zero-order valence-corrected chi connectivity index (χ0v) is 3.50. The van der Waals surface area contributed by atoms with Crippen molar-refractivity contribution < 1.29 is 15.0 Å². The Balaban J connectivity index is 0. The van der Waals surface area contributed by atoms with Gasteiger partial charge in [-0.15, -0.1) is 0 Å². The maximum Gasteiger partial charge on any atom is 3.00 e. The quantitative estimate of drug-likeness (QED) is 0.367. The van der Waals surface area contributed by atoms with Gasteiger partial charge in [-0.25, -0.2) is 0 Å². The number of rotatable bonds is 0. The van der Waals surface area contributed by atoms with Gasteiger partial charge in [-0.3, -0.25) is 0 Å². The molecule has 0 fully saturated rings. The summed E-state index contributed by atoms with van der Waals surface area (Å²) in [5, 5.41) is 15.3. The zero-order chi connectivity index (χ0) is 3.58. The summed E-state index contributed by atoms with van der Waals surface area (Å²) in [7, 11) is 0. The molecule has 0 aliphatic carbocycles. The average molecular weight is 88.0 g/mol. The molecule has 0 rings (SSSR count). The first kappa shape index (κ1) is 8.84. The molecule has 0 aliphatic rings. The fourth-order valence-corrected chi connectivity index (χ4v) is 0. The van der Waals surface area contributed by atoms with E-state index in [-0.39, 0.29) is 17.4 Å². The van der Waals surface area contributed by atoms with Gasteiger partial charge in [0.05, 0.1) is 0 Å². The van der Waals surface area contributed by atoms with Gasteiger partial charge in [0.2, 0.25) is 6.16 Å². The van der Waals surface area contributed by atoms with Crippen molar-refractivity contribution >= 4 is 23.5 Å². The predicted molar refractivity (Wildman–Crippen MR) is 13.8 cm³/mol. The van der Waals surface area contributed by atoms with Crippen LogP contribution in [0.2, 0.25) is 0 Å². The van der Waals surface area contributed by atoms with Crippen molar-refractivity contribution in [3.05, 3.63) is 0 Å². The third-order valence-corrected chi connectivity index (χ3v) is 0. The van der Waals surface area contributed by atoms with Crippen LogP contribution < -0.4 is 5.11 Å². The SMILES string of the molecule is O=C([O-])O.[Al+3]. The molecule has 0 saturated carbocycles. The van der Waals surface area contributed by atoms with Gasteiger partial charge in [0.1, 0.15) is 0 Å². The van der Waals surface area contributed by atoms with Crippen molar-refractivity contribution in [1.82, 2.24) is 0 Å². The van der Waals surface area contributed by atoms with Crippen LogP contribution in [0.3, 0.4) is 0 Å². The molecule has 0 aromatic rings. The number of hydrogen-bond acceptors (Lipinski definition) is 2. The fourth-order valence-electron chi connectivity index (χ4n) is 0. The van der Waals surface area contributed by atoms with Crippen molar-refractivity contribution in [2.75, 3.05) is 0 Å². The summed E-state index contributed by atoms with van der Waals surface area (Å²) in [4.78, 5) is 8.44. The largest absolute Gasteiger partial charge is 3.00 e. The third-order valence-electron chi connectivity index (χ3n) is 0. The van der Waals surface area contributed by atoms with E-state index in [0.29, 0.717) is 0 Å². The molecule has 24 valence electrons. The second-order valence-corrected chi connectivity index (χ2v) is 0.266. The summed E-state index contributed by atoms with van der Waals surface area (Å²) in [6.07, 6.45) is -2.08. The van der Waals surface area contributed by atoms with Gasteiger partial charge in [0, 0.05) is 0 Å². The van der Waals surface area contributed by atoms with Gasteiger partial charge < -0.3 is 15.0 Å². The Bertz CT molecular complexity index is 29.9. The second kappa shape index (κ2) is 3.80. The Kier molecular flexibility index (Phi) is 6.72. The minimum Gasteiger partial charge on any atom is -0.565 e. The molecule has 0 spiro atoms. The Morgan fingerprint density at radius 2 is 1.80 bits per heavy atom. The van der Waals surface area contributed by atoms with Gasteiger partial charge in [0.15, 0.2) is 0 Å². The molecule has 4 heteroatoms. The van der Waals surface area contributed by atoms with Crippen LogP contribution in [0.25, 0.3) is 0 Å². The van der Waals surface area contributed by atoms with E-state index in [1.807, 2.05) is 0 Å². The average Bonchev–Trinajstić information content (AvgIpc) is 0.811. The topological polar surface area (TPSA) is 60.4 Å². The Morgan fingerprint density at radius 1 is 1.80 bits per heavy atom. The normalized spacial score (nSPS) is 4.80. The van der Waals surface area contributed by atoms with E-state index in [1.165, 1.54) is 0 Å². The van der Waals surface area contributed by atoms with Crippen molar-refractivity contribution in [2.24, 2.45) is 0 Å². The second-order valence-electron chi connectivity index (χ2n) is 0.266. The van der Waals surface area contributed by atoms with Crippen molar-refractivity contribution in [2.45, 2.75) is 0 Å². The smallest absolute Gasteiger partial charge is 0.565 e. The first-order chi connectivity index (χ1) is 1.73. The van der Waals surface area contributed by atoms with Crippen molar-refractivity contribution in [3.8, 4) is 0 Å². The zero-order valence-electron chi connectivity index (χ0n) is 2.34. The first-order valence-electron chi connectivity index (χ1n) is 0.632. The van der Waals surface area contributed by atoms with Crippen LogP contribution in [0, 0.1) is 0 Å². The van der Waals surface area contributed by atoms with Crippen LogP contribution in [-0.2, 0) is 0 Å². The Labute approximate surface area is 39.4 Å². The van der Waals surface area contributed by atoms with Crippen LogP contribution in [0.1, 0.15) is 0 Å². The molecule has 0 heterocycles. The number of carboxylic acid groups (broad SMARTS) is 2. The first-order valence-corrected chi connectivity index (χ1v) is 0.632. The maximum absolute atomic E-state index is 8.44. The number of hydrogen-bond donors (Lipinski definition) is 1. The van der Waals surface area contributed by atoms with Gasteiger partial charge in [-0.05, 0) is 0 Å². The molecule has 0 saturated heterocycles. The molecular formula is CHAlO3+2. The van der Waals surface area contributed by atoms with Crippen LogP contribution in [-0.4, -0.2) is 28.6 Å². The van der Waals surface area contributed by atoms with Crippen LogP contribution in [0.15, 0.2) is 0 Å². The van der Waals surface area contributed by atoms with Crippen LogP contribution in [0.5, 0.6) is 0 Å². The predicted octanol–water partition coefficient (Wildman–Crippen LogP) is -1.49. The van der Waals surface area contributed by atoms with Crippen LogP contribution in [0.4, 0.5) is 4.79 Å². The maximum atomic E-state index is 8.44. The fraction of sp³-hybridized carbons (Fsp3) is 0. The van der Waals surface area contributed by atoms with E-state index in [4.69, 9.17) is 15.0 Å². The van der Waals surface area contributed by atoms with Gasteiger partial charge in [-0.1, -0.05) is 0 Å². The minimum absolute atomic E-state index is 0. The number of carbonyl (C=O) groups is 1. The van der Waals surface area contributed by atoms with Gasteiger partial charge in [0.25, 0.3) is 0 Å². The van der Waals surface area contributed by atoms with E-state index >= 15 is 0 Å². The molecule has 5 heavy (non-hydrogen) atoms. The summed E-state index contributed by atoms with van der Waals surface area (Å²) in [5.74, 6) is 0. The van der Waals surface area contributed by atoms with Crippen molar-refractivity contribution in [3.63, 3.8) is 0 Å². The molecule has 0 unspecified atom stereocenters. The summed E-state index contributed by atoms with van der Waals surface area (Å²) in [6, 6.07) is 0. The van der Waals surface area contributed by atoms with E-state index in [0.717, 1.165) is 0 Å². The Hall–Kier alpha value is -0.198. The van der Waals surface area contributed by atoms with E-state index in [1.54, 1.807) is 0 Å². The molecule has 0 amide bonds. The van der Waals surface area contributed by atoms with Crippen molar-refractivity contribution in [1.29, 1.82) is 0 Å². The summed E-state index contributed by atoms with van der Waals surface area (Å²) < 4.78 is 0. The molecule has 0 aliphatic heterocycles. The molecule has 0 bridgehead atoms. The Morgan fingerprint density at radius 3 is 1.80 bits per heavy atom. The molecule has 0 aromatic carbocycles. The molecule has 1 N–H and O–H groups in total. The van der Waals surface area contributed by atoms with E-state index in [2.05, 4.69) is 0 Å². The van der Waals surface area contributed by atoms with Crippen LogP contribution >= 0.6 is 0 Å². The monoisotopic (exact) mass is 88.0 g/mol. The molecule has 3 nitrogen and oxygen atoms in total. The third kappa shape index (κ3) is 317. The van der Waals surface area contributed by atoms with E-state index < -0.39 is 6.16 Å². The van der Waals surface area contributed by atoms with E-state index in [9.17, 15) is 0 Å². The standard InChI is InChI=1S/CH2O3.Al/c2-1(3)4;/h(H2,2,3,4);/q;+3/p-1. The molecular weight excluding hydrogens is 87.0 g/mol. The minimum atomic E-state index is -2.08. The van der Waals surface area contributed by atoms with Gasteiger partial charge in [-0.2, -0.15) is 0 Å². The summed E-state index contributed by atoms with van der Waals surface area (Å²) >= 11 is 0. The summed E-state index contributed by atoms with van der Waals surface area (Å²) in [6.45, 7) is 0. The van der Waals surface area contributed by atoms with Gasteiger partial charge >= 0.3 is 17.4 Å².